The summed E-state index contributed by atoms with van der Waals surface area (Å²) in [5.74, 6) is -0.249. The van der Waals surface area contributed by atoms with Crippen LogP contribution in [0.1, 0.15) is 113 Å². The molecule has 16 heteroatoms. The lowest BCUT2D eigenvalue weighted by Gasteiger charge is -2.33. The largest absolute Gasteiger partial charge is 0.386 e. The Morgan fingerprint density at radius 2 is 0.961 bits per heavy atom. The van der Waals surface area contributed by atoms with Crippen LogP contribution in [0, 0.1) is 51.2 Å². The Labute approximate surface area is 441 Å². The molecule has 14 nitrogen and oxygen atoms in total. The van der Waals surface area contributed by atoms with Gasteiger partial charge in [0.1, 0.15) is 23.2 Å². The molecule has 76 heavy (non-hydrogen) atoms. The van der Waals surface area contributed by atoms with E-state index in [0.717, 1.165) is 44.4 Å². The highest BCUT2D eigenvalue weighted by Crippen LogP contribution is 2.45. The van der Waals surface area contributed by atoms with Crippen molar-refractivity contribution >= 4 is 43.9 Å². The van der Waals surface area contributed by atoms with Gasteiger partial charge in [-0.05, 0) is 140 Å². The van der Waals surface area contributed by atoms with Crippen molar-refractivity contribution in [2.75, 3.05) is 26.4 Å². The molecule has 0 bridgehead atoms. The number of ether oxygens (including phenoxy) is 2. The zero-order valence-corrected chi connectivity index (χ0v) is 43.9. The summed E-state index contributed by atoms with van der Waals surface area (Å²) < 4.78 is 77.6. The Balaban J connectivity index is 0.000000165. The van der Waals surface area contributed by atoms with Gasteiger partial charge >= 0.3 is 0 Å². The van der Waals surface area contributed by atoms with E-state index in [1.807, 2.05) is 85.4 Å². The van der Waals surface area contributed by atoms with Crippen molar-refractivity contribution in [1.82, 2.24) is 39.4 Å². The van der Waals surface area contributed by atoms with Crippen LogP contribution in [0.15, 0.2) is 107 Å². The molecule has 12 rings (SSSR count). The molecule has 2 atom stereocenters. The molecule has 2 N–H and O–H groups in total. The van der Waals surface area contributed by atoms with E-state index in [4.69, 9.17) is 28.5 Å². The molecule has 0 spiro atoms. The molecule has 2 aliphatic heterocycles. The van der Waals surface area contributed by atoms with Crippen LogP contribution in [-0.4, -0.2) is 76.0 Å². The fourth-order valence-corrected chi connectivity index (χ4v) is 11.3. The van der Waals surface area contributed by atoms with Gasteiger partial charge in [-0.15, -0.1) is 0 Å². The molecular formula is C60H62F2N8O6. The van der Waals surface area contributed by atoms with Crippen LogP contribution in [0.2, 0.25) is 0 Å². The van der Waals surface area contributed by atoms with Crippen LogP contribution in [0.5, 0.6) is 0 Å². The molecule has 0 amide bonds. The average molecular weight is 1030 g/mol. The van der Waals surface area contributed by atoms with E-state index >= 15 is 8.78 Å². The van der Waals surface area contributed by atoms with Gasteiger partial charge in [-0.2, -0.15) is 0 Å². The Morgan fingerprint density at radius 1 is 0.566 bits per heavy atom. The second-order valence-corrected chi connectivity index (χ2v) is 21.1. The van der Waals surface area contributed by atoms with Gasteiger partial charge in [-0.25, -0.2) is 8.78 Å². The molecule has 2 fully saturated rings. The van der Waals surface area contributed by atoms with Gasteiger partial charge in [0.05, 0.1) is 82.9 Å². The van der Waals surface area contributed by atoms with Crippen LogP contribution >= 0.6 is 0 Å². The SMILES string of the molecule is [2H]C(c1ccncc1F)(C1CCOCC1)n1c2cc(C(C)(C)O)ccc2c2ncc(-c3c(C)noc3C)cc21.[2H]C(c1ccncc1F)(C1CCOCC1)n1c2cc(C(C)(C)O)ccc2c2ncc(-c3c(C)noc3C)cc21. The highest BCUT2D eigenvalue weighted by atomic mass is 19.1. The van der Waals surface area contributed by atoms with E-state index in [0.29, 0.717) is 108 Å². The standard InChI is InChI=1S/2C30H31FN4O3/c2*1-17-27(18(2)38-34-17)20-13-26-28(33-15-20)23-6-5-21(30(3,4)36)14-25(23)35(26)29(19-8-11-37-12-9-19)22-7-10-32-16-24(22)31/h2*5-7,10,13-16,19,29,36H,8-9,11-12H2,1-4H3/i2*29D. The summed E-state index contributed by atoms with van der Waals surface area (Å²) in [6, 6.07) is 15.5. The van der Waals surface area contributed by atoms with Crippen LogP contribution in [-0.2, 0) is 20.7 Å². The van der Waals surface area contributed by atoms with Crippen molar-refractivity contribution in [3.05, 3.63) is 155 Å². The molecule has 2 aromatic carbocycles. The summed E-state index contributed by atoms with van der Waals surface area (Å²) in [6.07, 6.45) is 11.3. The molecule has 2 unspecified atom stereocenters. The molecule has 0 radical (unpaired) electrons. The van der Waals surface area contributed by atoms with E-state index in [1.54, 1.807) is 52.2 Å². The van der Waals surface area contributed by atoms with Gasteiger partial charge < -0.3 is 37.9 Å². The summed E-state index contributed by atoms with van der Waals surface area (Å²) in [5, 5.41) is 31.6. The molecule has 10 heterocycles. The minimum atomic E-state index is -1.55. The summed E-state index contributed by atoms with van der Waals surface area (Å²) in [7, 11) is 0. The summed E-state index contributed by atoms with van der Waals surface area (Å²) >= 11 is 0. The highest BCUT2D eigenvalue weighted by molar-refractivity contribution is 6.08. The van der Waals surface area contributed by atoms with Crippen molar-refractivity contribution in [1.29, 1.82) is 0 Å². The third-order valence-electron chi connectivity index (χ3n) is 15.1. The first-order valence-corrected chi connectivity index (χ1v) is 25.8. The van der Waals surface area contributed by atoms with Gasteiger partial charge in [0.25, 0.3) is 0 Å². The van der Waals surface area contributed by atoms with Crippen molar-refractivity contribution in [3.8, 4) is 22.3 Å². The maximum absolute atomic E-state index is 15.6. The third kappa shape index (κ3) is 9.24. The number of hydrogen-bond acceptors (Lipinski definition) is 12. The molecule has 0 saturated carbocycles. The fourth-order valence-electron chi connectivity index (χ4n) is 11.3. The Morgan fingerprint density at radius 3 is 1.30 bits per heavy atom. The maximum atomic E-state index is 15.6. The molecule has 10 aromatic rings. The zero-order valence-electron chi connectivity index (χ0n) is 45.9. The lowest BCUT2D eigenvalue weighted by molar-refractivity contribution is 0.0547. The van der Waals surface area contributed by atoms with Gasteiger partial charge in [0.15, 0.2) is 0 Å². The van der Waals surface area contributed by atoms with Crippen LogP contribution in [0.3, 0.4) is 0 Å². The average Bonchev–Trinajstić information content (AvgIpc) is 4.22. The Hall–Kier alpha value is -7.24. The predicted octanol–water partition coefficient (Wildman–Crippen LogP) is 12.5. The zero-order chi connectivity index (χ0) is 55.1. The van der Waals surface area contributed by atoms with Crippen molar-refractivity contribution in [2.45, 2.75) is 104 Å². The summed E-state index contributed by atoms with van der Waals surface area (Å²) in [5.41, 5.74) is 8.55. The molecule has 392 valence electrons. The summed E-state index contributed by atoms with van der Waals surface area (Å²) in [6.45, 7) is 16.3. The number of aliphatic hydroxyl groups is 2. The van der Waals surface area contributed by atoms with Crippen LogP contribution in [0.4, 0.5) is 8.78 Å². The number of aromatic nitrogens is 8. The number of aryl methyl sites for hydroxylation is 4. The molecule has 0 aliphatic carbocycles. The van der Waals surface area contributed by atoms with Crippen molar-refractivity contribution in [3.63, 3.8) is 0 Å². The third-order valence-corrected chi connectivity index (χ3v) is 15.1. The highest BCUT2D eigenvalue weighted by Gasteiger charge is 2.35. The second-order valence-electron chi connectivity index (χ2n) is 21.1. The number of hydrogen-bond donors (Lipinski definition) is 2. The first-order chi connectivity index (χ1) is 37.2. The number of pyridine rings is 4. The molecule has 8 aromatic heterocycles. The van der Waals surface area contributed by atoms with E-state index in [9.17, 15) is 13.0 Å². The van der Waals surface area contributed by atoms with Crippen LogP contribution < -0.4 is 0 Å². The predicted molar refractivity (Wildman–Crippen MR) is 287 cm³/mol. The van der Waals surface area contributed by atoms with Crippen LogP contribution in [0.25, 0.3) is 66.1 Å². The van der Waals surface area contributed by atoms with Gasteiger partial charge in [0.2, 0.25) is 0 Å². The number of rotatable bonds is 10. The molecular weight excluding hydrogens is 967 g/mol. The van der Waals surface area contributed by atoms with Gasteiger partial charge in [-0.3, -0.25) is 19.9 Å². The monoisotopic (exact) mass is 1030 g/mol. The normalized spacial score (nSPS) is 17.2. The quantitative estimate of drug-likeness (QED) is 0.133. The number of halogens is 2. The smallest absolute Gasteiger partial charge is 0.146 e. The van der Waals surface area contributed by atoms with E-state index < -0.39 is 34.9 Å². The van der Waals surface area contributed by atoms with Crippen molar-refractivity contribution < 1.29 is 40.3 Å². The Kier molecular flexibility index (Phi) is 12.8. The first-order valence-electron chi connectivity index (χ1n) is 26.8. The number of benzene rings is 2. The molecule has 2 aliphatic rings. The first kappa shape index (κ1) is 48.4. The Bertz CT molecular complexity index is 3610. The number of fused-ring (bicyclic) bond motifs is 6. The summed E-state index contributed by atoms with van der Waals surface area (Å²) in [4.78, 5) is 17.7. The number of nitrogens with zero attached hydrogens (tertiary/aromatic N) is 8. The topological polar surface area (TPSA) is 172 Å². The minimum Gasteiger partial charge on any atom is -0.386 e. The lowest BCUT2D eigenvalue weighted by Crippen LogP contribution is -2.27. The maximum Gasteiger partial charge on any atom is 0.146 e. The van der Waals surface area contributed by atoms with E-state index in [-0.39, 0.29) is 23.0 Å². The molecule has 2 saturated heterocycles. The van der Waals surface area contributed by atoms with E-state index in [1.165, 1.54) is 24.8 Å². The van der Waals surface area contributed by atoms with Crippen molar-refractivity contribution in [2.24, 2.45) is 11.8 Å². The second kappa shape index (κ2) is 20.0. The van der Waals surface area contributed by atoms with Gasteiger partial charge in [-0.1, -0.05) is 34.6 Å². The minimum absolute atomic E-state index is 0.236. The van der Waals surface area contributed by atoms with E-state index in [2.05, 4.69) is 20.3 Å². The lowest BCUT2D eigenvalue weighted by atomic mass is 9.86. The van der Waals surface area contributed by atoms with Gasteiger partial charge in [0, 0.05) is 95.4 Å². The fraction of sp³-hybridized carbons (Fsp3) is 0.367.